The molecule has 2 aromatic carbocycles. The third-order valence-electron chi connectivity index (χ3n) is 6.68. The van der Waals surface area contributed by atoms with Crippen molar-refractivity contribution in [3.05, 3.63) is 76.4 Å². The van der Waals surface area contributed by atoms with Gasteiger partial charge < -0.3 is 19.9 Å². The van der Waals surface area contributed by atoms with Crippen LogP contribution in [-0.4, -0.2) is 44.9 Å². The molecule has 0 aliphatic heterocycles. The Labute approximate surface area is 214 Å². The minimum absolute atomic E-state index is 0.135. The number of halogens is 1. The van der Waals surface area contributed by atoms with Crippen LogP contribution >= 0.6 is 11.6 Å². The fourth-order valence-electron chi connectivity index (χ4n) is 5.21. The van der Waals surface area contributed by atoms with Crippen molar-refractivity contribution in [1.82, 2.24) is 20.3 Å². The van der Waals surface area contributed by atoms with Crippen LogP contribution in [0.4, 0.5) is 5.69 Å². The van der Waals surface area contributed by atoms with Crippen LogP contribution in [0.2, 0.25) is 5.02 Å². The number of carbonyl (C=O) groups is 1. The lowest BCUT2D eigenvalue weighted by atomic mass is 9.49. The van der Waals surface area contributed by atoms with Crippen LogP contribution in [-0.2, 0) is 11.3 Å². The molecule has 1 amide bonds. The van der Waals surface area contributed by atoms with Gasteiger partial charge in [0.2, 0.25) is 5.69 Å². The number of amides is 1. The molecule has 1 fully saturated rings. The molecule has 10 heteroatoms. The quantitative estimate of drug-likeness (QED) is 0.341. The van der Waals surface area contributed by atoms with Gasteiger partial charge in [0.15, 0.2) is 0 Å². The predicted molar refractivity (Wildman–Crippen MR) is 134 cm³/mol. The molecule has 0 atom stereocenters. The summed E-state index contributed by atoms with van der Waals surface area (Å²) in [6.07, 6.45) is 1.52. The summed E-state index contributed by atoms with van der Waals surface area (Å²) in [5, 5.41) is 20.3. The largest absolute Gasteiger partial charge is 0.489 e. The van der Waals surface area contributed by atoms with Gasteiger partial charge in [-0.25, -0.2) is 9.53 Å². The van der Waals surface area contributed by atoms with Gasteiger partial charge in [-0.3, -0.25) is 4.79 Å². The van der Waals surface area contributed by atoms with Gasteiger partial charge in [-0.1, -0.05) is 50.6 Å². The molecule has 0 bridgehead atoms. The van der Waals surface area contributed by atoms with Crippen LogP contribution in [0.5, 0.6) is 5.75 Å². The van der Waals surface area contributed by atoms with Crippen molar-refractivity contribution in [2.45, 2.75) is 46.4 Å². The van der Waals surface area contributed by atoms with Gasteiger partial charge in [-0.05, 0) is 36.4 Å². The summed E-state index contributed by atoms with van der Waals surface area (Å²) in [6.45, 7) is 15.2. The van der Waals surface area contributed by atoms with Crippen molar-refractivity contribution in [2.75, 3.05) is 6.79 Å². The average Bonchev–Trinajstić information content (AvgIpc) is 3.33. The molecule has 36 heavy (non-hydrogen) atoms. The smallest absolute Gasteiger partial charge is 0.251 e. The molecule has 9 nitrogen and oxygen atoms in total. The number of benzene rings is 2. The van der Waals surface area contributed by atoms with E-state index in [1.54, 1.807) is 53.3 Å². The lowest BCUT2D eigenvalue weighted by molar-refractivity contribution is -0.164. The van der Waals surface area contributed by atoms with Gasteiger partial charge in [0.1, 0.15) is 24.3 Å². The van der Waals surface area contributed by atoms with Crippen molar-refractivity contribution in [3.63, 3.8) is 0 Å². The summed E-state index contributed by atoms with van der Waals surface area (Å²) in [5.41, 5.74) is 1.54. The number of hydrogen-bond donors (Lipinski definition) is 2. The van der Waals surface area contributed by atoms with Crippen LogP contribution in [0.3, 0.4) is 0 Å². The molecular formula is C26H28ClN5O4. The standard InChI is InChI=1S/C26H28ClN5O4/c1-25(2)23(26(3,4)24(25)36-19-10-11-21(28-5)20(27)12-19)29-22(34)16-6-8-18(9-7-16)32-13-17(30-31-32)14-35-15-33/h6-13,23-24,33H,14-15H2,1-4H3,(H,29,34). The highest BCUT2D eigenvalue weighted by atomic mass is 35.5. The summed E-state index contributed by atoms with van der Waals surface area (Å²) in [5.74, 6) is 0.421. The first kappa shape index (κ1) is 25.6. The summed E-state index contributed by atoms with van der Waals surface area (Å²) in [4.78, 5) is 16.5. The molecule has 0 saturated heterocycles. The number of aliphatic hydroxyl groups excluding tert-OH is 1. The Balaban J connectivity index is 1.43. The first-order valence-corrected chi connectivity index (χ1v) is 11.8. The molecule has 1 heterocycles. The molecule has 188 valence electrons. The Bertz CT molecular complexity index is 1280. The van der Waals surface area contributed by atoms with Gasteiger partial charge in [-0.2, -0.15) is 0 Å². The van der Waals surface area contributed by atoms with Gasteiger partial charge in [0.05, 0.1) is 30.1 Å². The van der Waals surface area contributed by atoms with Crippen molar-refractivity contribution < 1.29 is 19.4 Å². The maximum atomic E-state index is 13.1. The number of nitrogens with zero attached hydrogens (tertiary/aromatic N) is 4. The fraction of sp³-hybridized carbons (Fsp3) is 0.385. The number of rotatable bonds is 8. The number of aromatic nitrogens is 3. The van der Waals surface area contributed by atoms with Gasteiger partial charge in [0.25, 0.3) is 5.91 Å². The molecule has 0 spiro atoms. The topological polar surface area (TPSA) is 103 Å². The van der Waals surface area contributed by atoms with E-state index in [-0.39, 0.29) is 42.3 Å². The van der Waals surface area contributed by atoms with E-state index < -0.39 is 0 Å². The molecule has 1 aliphatic rings. The van der Waals surface area contributed by atoms with E-state index in [9.17, 15) is 4.79 Å². The van der Waals surface area contributed by atoms with Crippen LogP contribution < -0.4 is 10.1 Å². The van der Waals surface area contributed by atoms with Gasteiger partial charge in [0, 0.05) is 22.4 Å². The van der Waals surface area contributed by atoms with E-state index in [1.165, 1.54) is 0 Å². The minimum Gasteiger partial charge on any atom is -0.489 e. The maximum absolute atomic E-state index is 13.1. The lowest BCUT2D eigenvalue weighted by Crippen LogP contribution is -2.74. The molecule has 3 aromatic rings. The first-order chi connectivity index (χ1) is 17.1. The molecule has 1 aliphatic carbocycles. The van der Waals surface area contributed by atoms with Gasteiger partial charge in [-0.15, -0.1) is 5.10 Å². The molecule has 0 unspecified atom stereocenters. The molecular weight excluding hydrogens is 482 g/mol. The van der Waals surface area contributed by atoms with Crippen LogP contribution in [0.15, 0.2) is 48.7 Å². The third kappa shape index (κ3) is 4.80. The Morgan fingerprint density at radius 2 is 1.89 bits per heavy atom. The Morgan fingerprint density at radius 3 is 2.50 bits per heavy atom. The van der Waals surface area contributed by atoms with E-state index in [4.69, 9.17) is 32.8 Å². The van der Waals surface area contributed by atoms with E-state index in [2.05, 4.69) is 48.2 Å². The van der Waals surface area contributed by atoms with Crippen LogP contribution in [0.25, 0.3) is 10.5 Å². The summed E-state index contributed by atoms with van der Waals surface area (Å²) >= 11 is 6.18. The number of ether oxygens (including phenoxy) is 2. The highest BCUT2D eigenvalue weighted by molar-refractivity contribution is 6.33. The monoisotopic (exact) mass is 509 g/mol. The zero-order valence-corrected chi connectivity index (χ0v) is 21.3. The van der Waals surface area contributed by atoms with E-state index in [0.717, 1.165) is 5.69 Å². The fourth-order valence-corrected chi connectivity index (χ4v) is 5.42. The summed E-state index contributed by atoms with van der Waals surface area (Å²) < 4.78 is 12.8. The van der Waals surface area contributed by atoms with E-state index >= 15 is 0 Å². The highest BCUT2D eigenvalue weighted by Gasteiger charge is 2.64. The van der Waals surface area contributed by atoms with E-state index in [0.29, 0.717) is 27.7 Å². The molecule has 2 N–H and O–H groups in total. The lowest BCUT2D eigenvalue weighted by Gasteiger charge is -2.63. The second-order valence-corrected chi connectivity index (χ2v) is 10.4. The number of nitrogens with one attached hydrogen (secondary N) is 1. The number of hydrogen-bond acceptors (Lipinski definition) is 6. The van der Waals surface area contributed by atoms with Crippen LogP contribution in [0.1, 0.15) is 43.7 Å². The zero-order valence-electron chi connectivity index (χ0n) is 20.5. The first-order valence-electron chi connectivity index (χ1n) is 11.4. The summed E-state index contributed by atoms with van der Waals surface area (Å²) in [6, 6.07) is 12.0. The van der Waals surface area contributed by atoms with Crippen molar-refractivity contribution in [3.8, 4) is 11.4 Å². The normalized spacial score (nSPS) is 19.7. The second-order valence-electron chi connectivity index (χ2n) is 9.95. The molecule has 4 rings (SSSR count). The summed E-state index contributed by atoms with van der Waals surface area (Å²) in [7, 11) is 0. The van der Waals surface area contributed by atoms with Crippen molar-refractivity contribution in [2.24, 2.45) is 10.8 Å². The van der Waals surface area contributed by atoms with E-state index in [1.807, 2.05) is 0 Å². The van der Waals surface area contributed by atoms with Crippen molar-refractivity contribution >= 4 is 23.2 Å². The zero-order chi connectivity index (χ0) is 26.1. The van der Waals surface area contributed by atoms with Crippen LogP contribution in [0, 0.1) is 17.4 Å². The number of aliphatic hydroxyl groups is 1. The van der Waals surface area contributed by atoms with Crippen molar-refractivity contribution in [1.29, 1.82) is 0 Å². The predicted octanol–water partition coefficient (Wildman–Crippen LogP) is 4.55. The second kappa shape index (κ2) is 9.90. The Morgan fingerprint density at radius 1 is 1.19 bits per heavy atom. The maximum Gasteiger partial charge on any atom is 0.251 e. The highest BCUT2D eigenvalue weighted by Crippen LogP contribution is 2.55. The SMILES string of the molecule is [C-]#[N+]c1ccc(OC2C(C)(C)C(NC(=O)c3ccc(-n4cc(COCO)nn4)cc3)C2(C)C)cc1Cl. The van der Waals surface area contributed by atoms with Gasteiger partial charge >= 0.3 is 0 Å². The third-order valence-corrected chi connectivity index (χ3v) is 6.99. The number of carbonyl (C=O) groups excluding carboxylic acids is 1. The molecule has 1 aromatic heterocycles. The average molecular weight is 510 g/mol. The molecule has 1 saturated carbocycles. The Kier molecular flexibility index (Phi) is 7.05. The molecule has 0 radical (unpaired) electrons. The Hall–Kier alpha value is -3.45. The minimum atomic E-state index is -0.386.